The van der Waals surface area contributed by atoms with Crippen LogP contribution in [0.25, 0.3) is 0 Å². The van der Waals surface area contributed by atoms with Crippen LogP contribution >= 0.6 is 11.8 Å². The topological polar surface area (TPSA) is 140 Å². The number of carbonyl (C=O) groups is 2. The van der Waals surface area contributed by atoms with Gasteiger partial charge in [-0.3, -0.25) is 39.8 Å². The molecule has 42 heavy (non-hydrogen) atoms. The van der Waals surface area contributed by atoms with Gasteiger partial charge in [0.2, 0.25) is 5.43 Å². The van der Waals surface area contributed by atoms with Gasteiger partial charge in [0.15, 0.2) is 12.0 Å². The minimum absolute atomic E-state index is 0.0440. The maximum Gasteiger partial charge on any atom is 0.309 e. The molecule has 1 aliphatic carbocycles. The number of rotatable bonds is 10. The van der Waals surface area contributed by atoms with Crippen molar-refractivity contribution in [2.24, 2.45) is 11.3 Å². The number of halogens is 2. The highest BCUT2D eigenvalue weighted by Crippen LogP contribution is 2.51. The van der Waals surface area contributed by atoms with Crippen molar-refractivity contribution in [3.05, 3.63) is 63.1 Å². The number of aromatic hydroxyl groups is 1. The van der Waals surface area contributed by atoms with E-state index in [1.165, 1.54) is 16.9 Å². The fraction of sp³-hybridized carbons (Fsp3) is 0.483. The number of benzene rings is 1. The molecule has 1 saturated carbocycles. The number of nitrogens with one attached hydrogen (secondary N) is 2. The van der Waals surface area contributed by atoms with Crippen LogP contribution in [0.5, 0.6) is 5.75 Å². The lowest BCUT2D eigenvalue weighted by molar-refractivity contribution is -0.151. The number of ether oxygens (including phenoxy) is 1. The fourth-order valence-corrected chi connectivity index (χ4v) is 6.36. The van der Waals surface area contributed by atoms with Crippen LogP contribution in [-0.2, 0) is 16.0 Å². The van der Waals surface area contributed by atoms with Gasteiger partial charge in [-0.15, -0.1) is 0 Å². The lowest BCUT2D eigenvalue weighted by Crippen LogP contribution is -2.61. The molecule has 1 aromatic carbocycles. The van der Waals surface area contributed by atoms with Gasteiger partial charge in [-0.25, -0.2) is 8.78 Å². The van der Waals surface area contributed by atoms with Gasteiger partial charge in [0.1, 0.15) is 28.0 Å². The first-order chi connectivity index (χ1) is 19.6. The van der Waals surface area contributed by atoms with Crippen LogP contribution in [0.3, 0.4) is 0 Å². The van der Waals surface area contributed by atoms with Crippen LogP contribution in [0, 0.1) is 33.8 Å². The van der Waals surface area contributed by atoms with Crippen LogP contribution in [0.2, 0.25) is 0 Å². The van der Waals surface area contributed by atoms with Gasteiger partial charge in [0, 0.05) is 25.7 Å². The lowest BCUT2D eigenvalue weighted by atomic mass is 9.82. The summed E-state index contributed by atoms with van der Waals surface area (Å²) in [6.07, 6.45) is 2.13. The zero-order valence-electron chi connectivity index (χ0n) is 24.6. The molecule has 0 amide bonds. The molecule has 2 unspecified atom stereocenters. The van der Waals surface area contributed by atoms with E-state index in [1.54, 1.807) is 19.0 Å². The number of nitrogens with zero attached hydrogens (tertiary/aromatic N) is 3. The third-order valence-electron chi connectivity index (χ3n) is 8.04. The van der Waals surface area contributed by atoms with Crippen molar-refractivity contribution in [2.75, 3.05) is 32.3 Å². The van der Waals surface area contributed by atoms with E-state index in [4.69, 9.17) is 15.6 Å². The van der Waals surface area contributed by atoms with Crippen LogP contribution in [0.15, 0.2) is 29.2 Å². The monoisotopic (exact) mass is 605 g/mol. The third-order valence-corrected chi connectivity index (χ3v) is 8.86. The number of carbonyl (C=O) groups excluding carboxylic acids is 2. The lowest BCUT2D eigenvalue weighted by Gasteiger charge is -2.48. The van der Waals surface area contributed by atoms with Crippen molar-refractivity contribution in [3.63, 3.8) is 0 Å². The minimum atomic E-state index is -0.978. The normalized spacial score (nSPS) is 19.5. The molecule has 0 saturated heterocycles. The number of aromatic nitrogens is 1. The summed E-state index contributed by atoms with van der Waals surface area (Å²) in [5, 5.41) is 28.7. The average Bonchev–Trinajstić information content (AvgIpc) is 3.22. The molecule has 0 spiro atoms. The molecule has 1 aromatic heterocycles. The number of esters is 1. The summed E-state index contributed by atoms with van der Waals surface area (Å²) in [6, 6.07) is 2.96. The standard InChI is InChI=1S/C29H37F2N5O5S/c1-7-34(5)29(13-20(27(40)41-8-2)28(3,4)16-29)35(6)36-14-19(24(38)25(39)22(36)15-37)26(33)42-23(32)11-17-9-10-18(30)12-21(17)31/h9-10,12,14-15,20,32-33,39H,7-8,11,13,16H2,1-6H3. The molecule has 0 radical (unpaired) electrons. The molecule has 2 aromatic rings. The van der Waals surface area contributed by atoms with Crippen molar-refractivity contribution >= 4 is 34.1 Å². The number of aldehydes is 1. The molecule has 228 valence electrons. The smallest absolute Gasteiger partial charge is 0.309 e. The summed E-state index contributed by atoms with van der Waals surface area (Å²) >= 11 is 0.572. The summed E-state index contributed by atoms with van der Waals surface area (Å²) in [6.45, 7) is 8.40. The molecule has 1 heterocycles. The summed E-state index contributed by atoms with van der Waals surface area (Å²) in [4.78, 5) is 40.2. The Bertz CT molecular complexity index is 1460. The van der Waals surface area contributed by atoms with E-state index in [0.717, 1.165) is 6.07 Å². The van der Waals surface area contributed by atoms with E-state index in [1.807, 2.05) is 32.7 Å². The maximum absolute atomic E-state index is 14.1. The number of pyridine rings is 1. The quantitative estimate of drug-likeness (QED) is 0.121. The molecule has 0 aliphatic heterocycles. The molecule has 10 nitrogen and oxygen atoms in total. The summed E-state index contributed by atoms with van der Waals surface area (Å²) in [5.74, 6) is -3.29. The highest BCUT2D eigenvalue weighted by atomic mass is 32.2. The van der Waals surface area contributed by atoms with E-state index in [0.29, 0.717) is 43.5 Å². The van der Waals surface area contributed by atoms with Gasteiger partial charge in [-0.05, 0) is 50.4 Å². The first-order valence-corrected chi connectivity index (χ1v) is 14.3. The zero-order chi connectivity index (χ0) is 31.6. The van der Waals surface area contributed by atoms with Gasteiger partial charge in [0.05, 0.1) is 23.1 Å². The van der Waals surface area contributed by atoms with Crippen LogP contribution in [-0.4, -0.2) is 69.9 Å². The van der Waals surface area contributed by atoms with Crippen LogP contribution in [0.1, 0.15) is 62.2 Å². The van der Waals surface area contributed by atoms with Gasteiger partial charge in [-0.1, -0.05) is 38.6 Å². The Kier molecular flexibility index (Phi) is 9.99. The Morgan fingerprint density at radius 2 is 1.93 bits per heavy atom. The Morgan fingerprint density at radius 3 is 2.50 bits per heavy atom. The van der Waals surface area contributed by atoms with E-state index >= 15 is 0 Å². The zero-order valence-corrected chi connectivity index (χ0v) is 25.4. The molecule has 1 fully saturated rings. The fourth-order valence-electron chi connectivity index (χ4n) is 5.63. The molecule has 3 rings (SSSR count). The second kappa shape index (κ2) is 12.7. The molecule has 0 bridgehead atoms. The Balaban J connectivity index is 2.04. The van der Waals surface area contributed by atoms with E-state index in [2.05, 4.69) is 0 Å². The van der Waals surface area contributed by atoms with Crippen molar-refractivity contribution in [1.82, 2.24) is 9.58 Å². The highest BCUT2D eigenvalue weighted by Gasteiger charge is 2.57. The molecule has 3 N–H and O–H groups in total. The molecular formula is C29H37F2N5O5S. The van der Waals surface area contributed by atoms with E-state index < -0.39 is 44.9 Å². The maximum atomic E-state index is 14.1. The minimum Gasteiger partial charge on any atom is -0.503 e. The molecule has 13 heteroatoms. The van der Waals surface area contributed by atoms with E-state index in [9.17, 15) is 28.3 Å². The predicted molar refractivity (Wildman–Crippen MR) is 158 cm³/mol. The Hall–Kier alpha value is -3.58. The Labute approximate surface area is 247 Å². The first kappa shape index (κ1) is 32.9. The van der Waals surface area contributed by atoms with Crippen molar-refractivity contribution in [1.29, 1.82) is 10.8 Å². The van der Waals surface area contributed by atoms with Crippen LogP contribution in [0.4, 0.5) is 8.78 Å². The van der Waals surface area contributed by atoms with Crippen molar-refractivity contribution in [3.8, 4) is 5.75 Å². The van der Waals surface area contributed by atoms with Crippen LogP contribution < -0.4 is 10.4 Å². The second-order valence-corrected chi connectivity index (χ2v) is 12.1. The SMILES string of the molecule is CCOC(=O)C1CC(N(C)CC)(N(C)n2cc(C(=N)SC(=N)Cc3ccc(F)cc3F)c(=O)c(O)c2C=O)CC1(C)C. The van der Waals surface area contributed by atoms with Crippen molar-refractivity contribution in [2.45, 2.75) is 52.6 Å². The number of thioether (sulfide) groups is 1. The molecule has 1 aliphatic rings. The summed E-state index contributed by atoms with van der Waals surface area (Å²) in [7, 11) is 3.55. The Morgan fingerprint density at radius 1 is 1.26 bits per heavy atom. The third kappa shape index (κ3) is 6.26. The first-order valence-electron chi connectivity index (χ1n) is 13.5. The highest BCUT2D eigenvalue weighted by molar-refractivity contribution is 8.26. The summed E-state index contributed by atoms with van der Waals surface area (Å²) < 4.78 is 34.0. The van der Waals surface area contributed by atoms with Crippen molar-refractivity contribution < 1.29 is 28.2 Å². The second-order valence-electron chi connectivity index (χ2n) is 11.0. The van der Waals surface area contributed by atoms with Gasteiger partial charge in [-0.2, -0.15) is 0 Å². The van der Waals surface area contributed by atoms with Gasteiger partial charge < -0.3 is 9.84 Å². The molecular weight excluding hydrogens is 568 g/mol. The largest absolute Gasteiger partial charge is 0.503 e. The van der Waals surface area contributed by atoms with Gasteiger partial charge in [0.25, 0.3) is 0 Å². The average molecular weight is 606 g/mol. The van der Waals surface area contributed by atoms with E-state index in [-0.39, 0.29) is 40.9 Å². The predicted octanol–water partition coefficient (Wildman–Crippen LogP) is 4.14. The van der Waals surface area contributed by atoms with Gasteiger partial charge >= 0.3 is 5.97 Å². The number of hydrogen-bond donors (Lipinski definition) is 3. The summed E-state index contributed by atoms with van der Waals surface area (Å²) in [5.41, 5.74) is -2.94. The number of hydrogen-bond acceptors (Lipinski definition) is 10. The molecule has 2 atom stereocenters.